The first-order valence-electron chi connectivity index (χ1n) is 4.17. The van der Waals surface area contributed by atoms with Gasteiger partial charge < -0.3 is 4.74 Å². The highest BCUT2D eigenvalue weighted by molar-refractivity contribution is 5.36. The second-order valence-corrected chi connectivity index (χ2v) is 3.07. The van der Waals surface area contributed by atoms with Gasteiger partial charge in [-0.25, -0.2) is 0 Å². The van der Waals surface area contributed by atoms with Crippen LogP contribution in [-0.2, 0) is 0 Å². The van der Waals surface area contributed by atoms with E-state index in [1.807, 2.05) is 0 Å². The van der Waals surface area contributed by atoms with Crippen molar-refractivity contribution in [2.75, 3.05) is 0 Å². The standard InChI is InChI=1S/C9H9NO3/c11-10(12)7-1-3-8(4-2-7)13-9-5-6-9/h1-4,9H,5-6H2. The summed E-state index contributed by atoms with van der Waals surface area (Å²) in [6, 6.07) is 6.18. The Balaban J connectivity index is 2.08. The van der Waals surface area contributed by atoms with Crippen molar-refractivity contribution in [1.82, 2.24) is 0 Å². The third kappa shape index (κ3) is 1.96. The van der Waals surface area contributed by atoms with Gasteiger partial charge in [-0.2, -0.15) is 0 Å². The highest BCUT2D eigenvalue weighted by Crippen LogP contribution is 2.27. The van der Waals surface area contributed by atoms with Crippen LogP contribution < -0.4 is 4.74 Å². The number of nitrogens with zero attached hydrogens (tertiary/aromatic N) is 1. The third-order valence-electron chi connectivity index (χ3n) is 1.87. The molecule has 0 bridgehead atoms. The van der Waals surface area contributed by atoms with Crippen molar-refractivity contribution in [2.45, 2.75) is 18.9 Å². The molecule has 0 radical (unpaired) electrons. The molecule has 13 heavy (non-hydrogen) atoms. The molecule has 0 atom stereocenters. The summed E-state index contributed by atoms with van der Waals surface area (Å²) in [4.78, 5) is 9.90. The van der Waals surface area contributed by atoms with Gasteiger partial charge in [0.15, 0.2) is 0 Å². The number of ether oxygens (including phenoxy) is 1. The molecule has 68 valence electrons. The molecule has 0 aliphatic heterocycles. The molecule has 4 heteroatoms. The van der Waals surface area contributed by atoms with Crippen molar-refractivity contribution in [1.29, 1.82) is 0 Å². The Morgan fingerprint density at radius 1 is 1.31 bits per heavy atom. The molecule has 0 saturated heterocycles. The molecule has 1 saturated carbocycles. The van der Waals surface area contributed by atoms with Crippen molar-refractivity contribution < 1.29 is 9.66 Å². The van der Waals surface area contributed by atoms with Crippen LogP contribution in [0.25, 0.3) is 0 Å². The van der Waals surface area contributed by atoms with Crippen LogP contribution in [0.5, 0.6) is 5.75 Å². The van der Waals surface area contributed by atoms with Crippen LogP contribution in [0.4, 0.5) is 5.69 Å². The Morgan fingerprint density at radius 3 is 2.38 bits per heavy atom. The number of nitro groups is 1. The highest BCUT2D eigenvalue weighted by Gasteiger charge is 2.23. The summed E-state index contributed by atoms with van der Waals surface area (Å²) in [6.45, 7) is 0. The van der Waals surface area contributed by atoms with E-state index in [-0.39, 0.29) is 5.69 Å². The fourth-order valence-electron chi connectivity index (χ4n) is 1.02. The Hall–Kier alpha value is -1.58. The number of hydrogen-bond donors (Lipinski definition) is 0. The largest absolute Gasteiger partial charge is 0.490 e. The van der Waals surface area contributed by atoms with Gasteiger partial charge in [-0.05, 0) is 25.0 Å². The molecule has 0 heterocycles. The van der Waals surface area contributed by atoms with E-state index in [4.69, 9.17) is 4.74 Å². The first-order chi connectivity index (χ1) is 6.25. The number of nitro benzene ring substituents is 1. The minimum absolute atomic E-state index is 0.100. The Labute approximate surface area is 75.3 Å². The first kappa shape index (κ1) is 8.04. The van der Waals surface area contributed by atoms with E-state index in [1.165, 1.54) is 12.1 Å². The topological polar surface area (TPSA) is 52.4 Å². The summed E-state index contributed by atoms with van der Waals surface area (Å²) in [7, 11) is 0. The summed E-state index contributed by atoms with van der Waals surface area (Å²) < 4.78 is 5.44. The quantitative estimate of drug-likeness (QED) is 0.527. The van der Waals surface area contributed by atoms with Crippen LogP contribution in [0.2, 0.25) is 0 Å². The maximum atomic E-state index is 10.3. The zero-order chi connectivity index (χ0) is 9.26. The van der Waals surface area contributed by atoms with Gasteiger partial charge in [0.1, 0.15) is 5.75 Å². The smallest absolute Gasteiger partial charge is 0.269 e. The zero-order valence-corrected chi connectivity index (χ0v) is 6.97. The van der Waals surface area contributed by atoms with E-state index >= 15 is 0 Å². The number of hydrogen-bond acceptors (Lipinski definition) is 3. The van der Waals surface area contributed by atoms with Gasteiger partial charge in [0.25, 0.3) is 5.69 Å². The van der Waals surface area contributed by atoms with Crippen molar-refractivity contribution in [3.8, 4) is 5.75 Å². The van der Waals surface area contributed by atoms with Crippen LogP contribution in [0.3, 0.4) is 0 Å². The summed E-state index contributed by atoms with van der Waals surface area (Å²) in [5.74, 6) is 0.716. The molecule has 1 fully saturated rings. The van der Waals surface area contributed by atoms with Gasteiger partial charge in [0.2, 0.25) is 0 Å². The van der Waals surface area contributed by atoms with Crippen LogP contribution in [0.15, 0.2) is 24.3 Å². The summed E-state index contributed by atoms with van der Waals surface area (Å²) >= 11 is 0. The minimum atomic E-state index is -0.416. The lowest BCUT2D eigenvalue weighted by molar-refractivity contribution is -0.384. The molecule has 0 aromatic heterocycles. The molecule has 0 amide bonds. The van der Waals surface area contributed by atoms with Crippen molar-refractivity contribution in [2.24, 2.45) is 0 Å². The number of non-ortho nitro benzene ring substituents is 1. The van der Waals surface area contributed by atoms with E-state index in [9.17, 15) is 10.1 Å². The van der Waals surface area contributed by atoms with Crippen molar-refractivity contribution >= 4 is 5.69 Å². The average molecular weight is 179 g/mol. The number of benzene rings is 1. The maximum absolute atomic E-state index is 10.3. The Morgan fingerprint density at radius 2 is 1.92 bits per heavy atom. The lowest BCUT2D eigenvalue weighted by Gasteiger charge is -2.02. The van der Waals surface area contributed by atoms with E-state index < -0.39 is 4.92 Å². The van der Waals surface area contributed by atoms with Gasteiger partial charge in [-0.1, -0.05) is 0 Å². The predicted octanol–water partition coefficient (Wildman–Crippen LogP) is 2.14. The maximum Gasteiger partial charge on any atom is 0.269 e. The second-order valence-electron chi connectivity index (χ2n) is 3.07. The lowest BCUT2D eigenvalue weighted by Crippen LogP contribution is -1.95. The number of rotatable bonds is 3. The molecular weight excluding hydrogens is 170 g/mol. The Bertz CT molecular complexity index is 316. The fourth-order valence-corrected chi connectivity index (χ4v) is 1.02. The van der Waals surface area contributed by atoms with Gasteiger partial charge >= 0.3 is 0 Å². The average Bonchev–Trinajstić information content (AvgIpc) is 2.89. The summed E-state index contributed by atoms with van der Waals surface area (Å²) in [5.41, 5.74) is 0.100. The van der Waals surface area contributed by atoms with Crippen molar-refractivity contribution in [3.05, 3.63) is 34.4 Å². The molecular formula is C9H9NO3. The molecule has 1 aromatic rings. The molecule has 1 aromatic carbocycles. The van der Waals surface area contributed by atoms with Crippen LogP contribution in [-0.4, -0.2) is 11.0 Å². The SMILES string of the molecule is O=[N+]([O-])c1ccc(OC2CC2)cc1. The van der Waals surface area contributed by atoms with E-state index in [1.54, 1.807) is 12.1 Å². The molecule has 0 N–H and O–H groups in total. The first-order valence-corrected chi connectivity index (χ1v) is 4.17. The molecule has 0 unspecified atom stereocenters. The van der Waals surface area contributed by atoms with Crippen LogP contribution in [0.1, 0.15) is 12.8 Å². The van der Waals surface area contributed by atoms with Gasteiger partial charge in [0.05, 0.1) is 11.0 Å². The van der Waals surface area contributed by atoms with Crippen LogP contribution >= 0.6 is 0 Å². The molecule has 4 nitrogen and oxygen atoms in total. The molecule has 1 aliphatic carbocycles. The Kier molecular flexibility index (Phi) is 1.88. The van der Waals surface area contributed by atoms with Gasteiger partial charge in [-0.15, -0.1) is 0 Å². The zero-order valence-electron chi connectivity index (χ0n) is 6.97. The second kappa shape index (κ2) is 3.05. The van der Waals surface area contributed by atoms with Gasteiger partial charge in [0, 0.05) is 12.1 Å². The van der Waals surface area contributed by atoms with Crippen molar-refractivity contribution in [3.63, 3.8) is 0 Å². The van der Waals surface area contributed by atoms with E-state index in [0.717, 1.165) is 12.8 Å². The monoisotopic (exact) mass is 179 g/mol. The minimum Gasteiger partial charge on any atom is -0.490 e. The van der Waals surface area contributed by atoms with E-state index in [2.05, 4.69) is 0 Å². The summed E-state index contributed by atoms with van der Waals surface area (Å²) in [6.07, 6.45) is 2.52. The normalized spacial score (nSPS) is 15.4. The predicted molar refractivity (Wildman–Crippen MR) is 46.7 cm³/mol. The molecule has 1 aliphatic rings. The molecule has 2 rings (SSSR count). The molecule has 0 spiro atoms. The highest BCUT2D eigenvalue weighted by atomic mass is 16.6. The van der Waals surface area contributed by atoms with Gasteiger partial charge in [-0.3, -0.25) is 10.1 Å². The lowest BCUT2D eigenvalue weighted by atomic mass is 10.3. The fraction of sp³-hybridized carbons (Fsp3) is 0.333. The third-order valence-corrected chi connectivity index (χ3v) is 1.87. The summed E-state index contributed by atoms with van der Waals surface area (Å²) in [5, 5.41) is 10.3. The van der Waals surface area contributed by atoms with Crippen LogP contribution in [0, 0.1) is 10.1 Å². The van der Waals surface area contributed by atoms with E-state index in [0.29, 0.717) is 11.9 Å².